The summed E-state index contributed by atoms with van der Waals surface area (Å²) in [5.41, 5.74) is 0.484. The largest absolute Gasteiger partial charge is 0.338 e. The summed E-state index contributed by atoms with van der Waals surface area (Å²) in [6, 6.07) is 6.06. The van der Waals surface area contributed by atoms with E-state index >= 15 is 0 Å². The van der Waals surface area contributed by atoms with Gasteiger partial charge in [0, 0.05) is 30.2 Å². The minimum Gasteiger partial charge on any atom is -0.338 e. The van der Waals surface area contributed by atoms with E-state index in [4.69, 9.17) is 0 Å². The van der Waals surface area contributed by atoms with Gasteiger partial charge in [0.05, 0.1) is 4.90 Å². The van der Waals surface area contributed by atoms with Crippen molar-refractivity contribution in [3.63, 3.8) is 0 Å². The first-order valence-corrected chi connectivity index (χ1v) is 8.42. The smallest absolute Gasteiger partial charge is 0.253 e. The molecular formula is C12H16BrNO3S. The number of hydrogen-bond acceptors (Lipinski definition) is 3. The van der Waals surface area contributed by atoms with Crippen molar-refractivity contribution in [2.75, 3.05) is 18.6 Å². The molecule has 0 aromatic heterocycles. The van der Waals surface area contributed by atoms with Crippen molar-refractivity contribution < 1.29 is 13.2 Å². The van der Waals surface area contributed by atoms with Crippen molar-refractivity contribution in [3.8, 4) is 0 Å². The number of hydrogen-bond donors (Lipinski definition) is 0. The zero-order valence-electron chi connectivity index (χ0n) is 10.6. The Kier molecular flexibility index (Phi) is 4.92. The summed E-state index contributed by atoms with van der Waals surface area (Å²) in [5.74, 6) is -0.123. The number of halogens is 1. The molecule has 0 aliphatic rings. The molecule has 18 heavy (non-hydrogen) atoms. The van der Waals surface area contributed by atoms with E-state index in [1.54, 1.807) is 11.9 Å². The Morgan fingerprint density at radius 2 is 1.83 bits per heavy atom. The lowest BCUT2D eigenvalue weighted by Gasteiger charge is -2.23. The molecule has 0 saturated carbocycles. The molecule has 0 N–H and O–H groups in total. The van der Waals surface area contributed by atoms with E-state index in [9.17, 15) is 13.2 Å². The van der Waals surface area contributed by atoms with Crippen molar-refractivity contribution in [1.82, 2.24) is 4.90 Å². The number of sulfone groups is 1. The van der Waals surface area contributed by atoms with Crippen LogP contribution >= 0.6 is 15.9 Å². The minimum atomic E-state index is -3.22. The maximum Gasteiger partial charge on any atom is 0.253 e. The van der Waals surface area contributed by atoms with Crippen LogP contribution in [0.5, 0.6) is 0 Å². The van der Waals surface area contributed by atoms with E-state index in [2.05, 4.69) is 15.9 Å². The number of alkyl halides is 1. The molecular weight excluding hydrogens is 318 g/mol. The van der Waals surface area contributed by atoms with E-state index in [-0.39, 0.29) is 16.8 Å². The van der Waals surface area contributed by atoms with Crippen LogP contribution < -0.4 is 0 Å². The van der Waals surface area contributed by atoms with Gasteiger partial charge in [-0.25, -0.2) is 8.42 Å². The highest BCUT2D eigenvalue weighted by atomic mass is 79.9. The highest BCUT2D eigenvalue weighted by molar-refractivity contribution is 9.09. The van der Waals surface area contributed by atoms with Crippen LogP contribution in [0.1, 0.15) is 17.3 Å². The van der Waals surface area contributed by atoms with Crippen molar-refractivity contribution in [3.05, 3.63) is 29.8 Å². The minimum absolute atomic E-state index is 0.0760. The van der Waals surface area contributed by atoms with Gasteiger partial charge in [0.2, 0.25) is 0 Å². The van der Waals surface area contributed by atoms with E-state index in [1.807, 2.05) is 6.92 Å². The Bertz CT molecular complexity index is 525. The number of carbonyl (C=O) groups excluding carboxylic acids is 1. The number of rotatable bonds is 4. The molecule has 1 unspecified atom stereocenters. The zero-order chi connectivity index (χ0) is 13.9. The quantitative estimate of drug-likeness (QED) is 0.791. The SMILES string of the molecule is CC(CBr)N(C)C(=O)c1ccc(S(C)(=O)=O)cc1. The number of amides is 1. The molecule has 1 aromatic carbocycles. The van der Waals surface area contributed by atoms with E-state index < -0.39 is 9.84 Å². The lowest BCUT2D eigenvalue weighted by molar-refractivity contribution is 0.0758. The van der Waals surface area contributed by atoms with Gasteiger partial charge < -0.3 is 4.90 Å². The molecule has 4 nitrogen and oxygen atoms in total. The van der Waals surface area contributed by atoms with Gasteiger partial charge in [0.25, 0.3) is 5.91 Å². The summed E-state index contributed by atoms with van der Waals surface area (Å²) in [6.45, 7) is 1.93. The fourth-order valence-corrected chi connectivity index (χ4v) is 2.42. The summed E-state index contributed by atoms with van der Waals surface area (Å²) < 4.78 is 22.6. The summed E-state index contributed by atoms with van der Waals surface area (Å²) in [6.07, 6.45) is 1.14. The first-order chi connectivity index (χ1) is 8.27. The first-order valence-electron chi connectivity index (χ1n) is 5.40. The van der Waals surface area contributed by atoms with Gasteiger partial charge >= 0.3 is 0 Å². The maximum atomic E-state index is 12.1. The van der Waals surface area contributed by atoms with Crippen LogP contribution in [0.25, 0.3) is 0 Å². The molecule has 6 heteroatoms. The fourth-order valence-electron chi connectivity index (χ4n) is 1.35. The molecule has 0 bridgehead atoms. The Morgan fingerprint density at radius 3 is 2.22 bits per heavy atom. The van der Waals surface area contributed by atoms with Gasteiger partial charge in [-0.1, -0.05) is 15.9 Å². The van der Waals surface area contributed by atoms with Gasteiger partial charge in [-0.2, -0.15) is 0 Å². The lowest BCUT2D eigenvalue weighted by atomic mass is 10.2. The number of nitrogens with zero attached hydrogens (tertiary/aromatic N) is 1. The molecule has 0 fully saturated rings. The van der Waals surface area contributed by atoms with Crippen molar-refractivity contribution in [1.29, 1.82) is 0 Å². The number of benzene rings is 1. The Hall–Kier alpha value is -0.880. The molecule has 0 spiro atoms. The monoisotopic (exact) mass is 333 g/mol. The highest BCUT2D eigenvalue weighted by Crippen LogP contribution is 2.13. The summed E-state index contributed by atoms with van der Waals surface area (Å²) in [7, 11) is -1.50. The molecule has 1 rings (SSSR count). The average Bonchev–Trinajstić information content (AvgIpc) is 2.35. The van der Waals surface area contributed by atoms with Gasteiger partial charge in [0.1, 0.15) is 0 Å². The lowest BCUT2D eigenvalue weighted by Crippen LogP contribution is -2.36. The van der Waals surface area contributed by atoms with E-state index in [1.165, 1.54) is 24.3 Å². The van der Waals surface area contributed by atoms with Crippen LogP contribution in [0.2, 0.25) is 0 Å². The molecule has 0 radical (unpaired) electrons. The predicted octanol–water partition coefficient (Wildman–Crippen LogP) is 1.95. The second kappa shape index (κ2) is 5.84. The molecule has 1 atom stereocenters. The second-order valence-electron chi connectivity index (χ2n) is 4.22. The van der Waals surface area contributed by atoms with Gasteiger partial charge in [0.15, 0.2) is 9.84 Å². The van der Waals surface area contributed by atoms with Crippen LogP contribution in [0.4, 0.5) is 0 Å². The van der Waals surface area contributed by atoms with Crippen LogP contribution in [0.3, 0.4) is 0 Å². The Morgan fingerprint density at radius 1 is 1.33 bits per heavy atom. The van der Waals surface area contributed by atoms with Crippen LogP contribution in [-0.2, 0) is 9.84 Å². The van der Waals surface area contributed by atoms with Gasteiger partial charge in [-0.05, 0) is 31.2 Å². The molecule has 0 aliphatic heterocycles. The average molecular weight is 334 g/mol. The van der Waals surface area contributed by atoms with Crippen molar-refractivity contribution in [2.24, 2.45) is 0 Å². The number of carbonyl (C=O) groups is 1. The third-order valence-electron chi connectivity index (χ3n) is 2.73. The van der Waals surface area contributed by atoms with Crippen molar-refractivity contribution in [2.45, 2.75) is 17.9 Å². The molecule has 0 aliphatic carbocycles. The fraction of sp³-hybridized carbons (Fsp3) is 0.417. The third-order valence-corrected chi connectivity index (χ3v) is 4.80. The zero-order valence-corrected chi connectivity index (χ0v) is 13.0. The van der Waals surface area contributed by atoms with Crippen LogP contribution in [0, 0.1) is 0 Å². The molecule has 1 amide bonds. The van der Waals surface area contributed by atoms with E-state index in [0.29, 0.717) is 10.9 Å². The third kappa shape index (κ3) is 3.55. The molecule has 1 aromatic rings. The Balaban J connectivity index is 2.96. The topological polar surface area (TPSA) is 54.5 Å². The predicted molar refractivity (Wildman–Crippen MR) is 74.9 cm³/mol. The second-order valence-corrected chi connectivity index (χ2v) is 6.88. The standard InChI is InChI=1S/C12H16BrNO3S/c1-9(8-13)14(2)12(15)10-4-6-11(7-5-10)18(3,16)17/h4-7,9H,8H2,1-3H3. The summed E-state index contributed by atoms with van der Waals surface area (Å²) in [5, 5.41) is 0.691. The van der Waals surface area contributed by atoms with Crippen molar-refractivity contribution >= 4 is 31.7 Å². The molecule has 100 valence electrons. The summed E-state index contributed by atoms with van der Waals surface area (Å²) >= 11 is 3.32. The Labute approximate surface area is 116 Å². The van der Waals surface area contributed by atoms with E-state index in [0.717, 1.165) is 6.26 Å². The van der Waals surface area contributed by atoms with Crippen LogP contribution in [-0.4, -0.2) is 43.9 Å². The first kappa shape index (κ1) is 15.2. The molecule has 0 heterocycles. The normalized spacial score (nSPS) is 13.1. The summed E-state index contributed by atoms with van der Waals surface area (Å²) in [4.78, 5) is 13.9. The maximum absolute atomic E-state index is 12.1. The van der Waals surface area contributed by atoms with Gasteiger partial charge in [-0.15, -0.1) is 0 Å². The highest BCUT2D eigenvalue weighted by Gasteiger charge is 2.17. The molecule has 0 saturated heterocycles. The van der Waals surface area contributed by atoms with Crippen LogP contribution in [0.15, 0.2) is 29.2 Å². The van der Waals surface area contributed by atoms with Gasteiger partial charge in [-0.3, -0.25) is 4.79 Å².